The molecule has 0 unspecified atom stereocenters. The standard InChI is InChI=1S/C16H26N4S/c1-3-19-9-17-20(16(19)21)10-18(2)15-13-5-11-4-12(7-13)8-14(15)6-11/h9,11-15H,3-8,10H2,1-2H3. The largest absolute Gasteiger partial charge is 0.307 e. The molecular weight excluding hydrogens is 280 g/mol. The van der Waals surface area contributed by atoms with Crippen LogP contribution >= 0.6 is 12.2 Å². The summed E-state index contributed by atoms with van der Waals surface area (Å²) in [5.74, 6) is 3.93. The molecule has 4 bridgehead atoms. The van der Waals surface area contributed by atoms with Crippen molar-refractivity contribution in [3.05, 3.63) is 11.1 Å². The number of nitrogens with zero attached hydrogens (tertiary/aromatic N) is 4. The van der Waals surface area contributed by atoms with Crippen molar-refractivity contribution >= 4 is 12.2 Å². The first-order valence-corrected chi connectivity index (χ1v) is 8.89. The summed E-state index contributed by atoms with van der Waals surface area (Å²) in [5.41, 5.74) is 0. The zero-order valence-corrected chi connectivity index (χ0v) is 13.9. The van der Waals surface area contributed by atoms with E-state index in [9.17, 15) is 0 Å². The lowest BCUT2D eigenvalue weighted by atomic mass is 9.54. The minimum Gasteiger partial charge on any atom is -0.307 e. The topological polar surface area (TPSA) is 26.0 Å². The van der Waals surface area contributed by atoms with Crippen LogP contribution in [0.25, 0.3) is 0 Å². The van der Waals surface area contributed by atoms with E-state index in [-0.39, 0.29) is 0 Å². The lowest BCUT2D eigenvalue weighted by Crippen LogP contribution is -2.55. The Balaban J connectivity index is 1.51. The van der Waals surface area contributed by atoms with Crippen molar-refractivity contribution in [1.29, 1.82) is 0 Å². The smallest absolute Gasteiger partial charge is 0.198 e. The van der Waals surface area contributed by atoms with E-state index in [1.165, 1.54) is 32.1 Å². The van der Waals surface area contributed by atoms with Crippen LogP contribution in [0.5, 0.6) is 0 Å². The van der Waals surface area contributed by atoms with Gasteiger partial charge in [-0.25, -0.2) is 4.68 Å². The summed E-state index contributed by atoms with van der Waals surface area (Å²) in [6, 6.07) is 0.756. The van der Waals surface area contributed by atoms with E-state index >= 15 is 0 Å². The Morgan fingerprint density at radius 2 is 1.81 bits per heavy atom. The summed E-state index contributed by atoms with van der Waals surface area (Å²) in [6.45, 7) is 3.86. The molecule has 1 heterocycles. The Morgan fingerprint density at radius 3 is 2.33 bits per heavy atom. The van der Waals surface area contributed by atoms with Crippen LogP contribution in [0.1, 0.15) is 39.0 Å². The van der Waals surface area contributed by atoms with Crippen molar-refractivity contribution in [3.8, 4) is 0 Å². The molecule has 0 aromatic carbocycles. The Morgan fingerprint density at radius 1 is 1.19 bits per heavy atom. The molecular formula is C16H26N4S. The third-order valence-electron chi connectivity index (χ3n) is 6.18. The van der Waals surface area contributed by atoms with E-state index < -0.39 is 0 Å². The predicted octanol–water partition coefficient (Wildman–Crippen LogP) is 3.15. The number of rotatable bonds is 4. The Bertz CT molecular complexity index is 547. The van der Waals surface area contributed by atoms with Gasteiger partial charge in [0.05, 0.1) is 6.67 Å². The molecule has 4 aliphatic carbocycles. The van der Waals surface area contributed by atoms with Crippen LogP contribution in [0.2, 0.25) is 0 Å². The van der Waals surface area contributed by atoms with Gasteiger partial charge in [0, 0.05) is 12.6 Å². The Kier molecular flexibility index (Phi) is 3.45. The maximum atomic E-state index is 5.51. The molecule has 0 aliphatic heterocycles. The van der Waals surface area contributed by atoms with Gasteiger partial charge in [-0.05, 0) is 82.0 Å². The molecule has 4 saturated carbocycles. The van der Waals surface area contributed by atoms with Crippen LogP contribution in [0, 0.1) is 28.4 Å². The zero-order valence-electron chi connectivity index (χ0n) is 13.1. The molecule has 116 valence electrons. The van der Waals surface area contributed by atoms with Gasteiger partial charge < -0.3 is 4.57 Å². The van der Waals surface area contributed by atoms with Crippen molar-refractivity contribution < 1.29 is 0 Å². The van der Waals surface area contributed by atoms with Gasteiger partial charge >= 0.3 is 0 Å². The molecule has 4 fully saturated rings. The van der Waals surface area contributed by atoms with Gasteiger partial charge in [-0.15, -0.1) is 0 Å². The molecule has 21 heavy (non-hydrogen) atoms. The summed E-state index contributed by atoms with van der Waals surface area (Å²) in [5, 5.41) is 4.47. The van der Waals surface area contributed by atoms with Crippen molar-refractivity contribution in [2.75, 3.05) is 7.05 Å². The third-order valence-corrected chi connectivity index (χ3v) is 6.63. The summed E-state index contributed by atoms with van der Waals surface area (Å²) in [6.07, 6.45) is 9.27. The lowest BCUT2D eigenvalue weighted by molar-refractivity contribution is -0.0669. The SMILES string of the molecule is CCn1cnn(CN(C)C2C3CC4CC(C3)CC2C4)c1=S. The first-order valence-electron chi connectivity index (χ1n) is 8.48. The van der Waals surface area contributed by atoms with Crippen molar-refractivity contribution in [1.82, 2.24) is 19.2 Å². The molecule has 0 radical (unpaired) electrons. The summed E-state index contributed by atoms with van der Waals surface area (Å²) < 4.78 is 4.89. The molecule has 0 amide bonds. The highest BCUT2D eigenvalue weighted by Crippen LogP contribution is 2.54. The average molecular weight is 306 g/mol. The Labute approximate surface area is 132 Å². The molecule has 0 spiro atoms. The van der Waals surface area contributed by atoms with E-state index in [0.29, 0.717) is 0 Å². The van der Waals surface area contributed by atoms with E-state index in [1.807, 2.05) is 15.6 Å². The van der Waals surface area contributed by atoms with Crippen molar-refractivity contribution in [3.63, 3.8) is 0 Å². The van der Waals surface area contributed by atoms with Crippen LogP contribution < -0.4 is 0 Å². The van der Waals surface area contributed by atoms with E-state index in [4.69, 9.17) is 12.2 Å². The first-order chi connectivity index (χ1) is 10.2. The molecule has 0 atom stereocenters. The van der Waals surface area contributed by atoms with Gasteiger partial charge in [0.15, 0.2) is 4.77 Å². The molecule has 5 rings (SSSR count). The van der Waals surface area contributed by atoms with Gasteiger partial charge in [0.25, 0.3) is 0 Å². The maximum absolute atomic E-state index is 5.51. The van der Waals surface area contributed by atoms with E-state index in [1.54, 1.807) is 0 Å². The van der Waals surface area contributed by atoms with Crippen LogP contribution in [-0.2, 0) is 13.2 Å². The van der Waals surface area contributed by atoms with Crippen molar-refractivity contribution in [2.45, 2.75) is 58.3 Å². The van der Waals surface area contributed by atoms with Crippen LogP contribution in [0.15, 0.2) is 6.33 Å². The van der Waals surface area contributed by atoms with Gasteiger partial charge in [0.1, 0.15) is 6.33 Å². The first kappa shape index (κ1) is 13.9. The fourth-order valence-corrected chi connectivity index (χ4v) is 5.89. The number of aromatic nitrogens is 3. The molecule has 5 heteroatoms. The summed E-state index contributed by atoms with van der Waals surface area (Å²) in [4.78, 5) is 2.54. The number of hydrogen-bond donors (Lipinski definition) is 0. The normalized spacial score (nSPS) is 37.6. The molecule has 0 N–H and O–H groups in total. The molecule has 1 aromatic rings. The van der Waals surface area contributed by atoms with Gasteiger partial charge in [0.2, 0.25) is 0 Å². The minimum atomic E-state index is 0.756. The quantitative estimate of drug-likeness (QED) is 0.799. The fourth-order valence-electron chi connectivity index (χ4n) is 5.61. The van der Waals surface area contributed by atoms with Crippen LogP contribution in [0.3, 0.4) is 0 Å². The Hall–Kier alpha value is -0.680. The highest BCUT2D eigenvalue weighted by atomic mass is 32.1. The fraction of sp³-hybridized carbons (Fsp3) is 0.875. The van der Waals surface area contributed by atoms with Crippen molar-refractivity contribution in [2.24, 2.45) is 23.7 Å². The minimum absolute atomic E-state index is 0.756. The average Bonchev–Trinajstić information content (AvgIpc) is 2.78. The second kappa shape index (κ2) is 5.20. The summed E-state index contributed by atoms with van der Waals surface area (Å²) >= 11 is 5.51. The van der Waals surface area contributed by atoms with Crippen LogP contribution in [0.4, 0.5) is 0 Å². The number of aryl methyl sites for hydroxylation is 1. The predicted molar refractivity (Wildman–Crippen MR) is 85.3 cm³/mol. The van der Waals surface area contributed by atoms with E-state index in [0.717, 1.165) is 47.7 Å². The molecule has 4 aliphatic rings. The number of hydrogen-bond acceptors (Lipinski definition) is 3. The third kappa shape index (κ3) is 2.29. The second-order valence-corrected chi connectivity index (χ2v) is 7.88. The lowest BCUT2D eigenvalue weighted by Gasteiger charge is -2.56. The zero-order chi connectivity index (χ0) is 14.6. The van der Waals surface area contributed by atoms with Crippen LogP contribution in [-0.4, -0.2) is 32.3 Å². The second-order valence-electron chi connectivity index (χ2n) is 7.52. The van der Waals surface area contributed by atoms with Gasteiger partial charge in [-0.1, -0.05) is 0 Å². The van der Waals surface area contributed by atoms with E-state index in [2.05, 4.69) is 24.0 Å². The maximum Gasteiger partial charge on any atom is 0.198 e. The highest BCUT2D eigenvalue weighted by Gasteiger charge is 2.49. The monoisotopic (exact) mass is 306 g/mol. The highest BCUT2D eigenvalue weighted by molar-refractivity contribution is 7.71. The van der Waals surface area contributed by atoms with Gasteiger partial charge in [-0.3, -0.25) is 4.90 Å². The molecule has 4 nitrogen and oxygen atoms in total. The molecule has 1 aromatic heterocycles. The van der Waals surface area contributed by atoms with Gasteiger partial charge in [-0.2, -0.15) is 5.10 Å². The summed E-state index contributed by atoms with van der Waals surface area (Å²) in [7, 11) is 2.28. The molecule has 0 saturated heterocycles.